The van der Waals surface area contributed by atoms with Gasteiger partial charge in [-0.1, -0.05) is 42.5 Å². The van der Waals surface area contributed by atoms with Crippen LogP contribution in [-0.2, 0) is 16.1 Å². The number of hydrogen-bond donors (Lipinski definition) is 1. The molecule has 0 radical (unpaired) electrons. The fourth-order valence-corrected chi connectivity index (χ4v) is 1.30. The first-order valence-corrected chi connectivity index (χ1v) is 5.79. The van der Waals surface area contributed by atoms with Crippen LogP contribution in [0.4, 0.5) is 0 Å². The van der Waals surface area contributed by atoms with Crippen molar-refractivity contribution >= 4 is 5.97 Å². The summed E-state index contributed by atoms with van der Waals surface area (Å²) in [7, 11) is 0. The van der Waals surface area contributed by atoms with Crippen molar-refractivity contribution < 1.29 is 9.53 Å². The molecule has 0 amide bonds. The molecule has 0 heterocycles. The number of allylic oxidation sites excluding steroid dienone is 1. The van der Waals surface area contributed by atoms with E-state index >= 15 is 0 Å². The Morgan fingerprint density at radius 1 is 1.41 bits per heavy atom. The smallest absolute Gasteiger partial charge is 0.323 e. The van der Waals surface area contributed by atoms with Gasteiger partial charge >= 0.3 is 5.97 Å². The van der Waals surface area contributed by atoms with Crippen LogP contribution in [0.15, 0.2) is 42.5 Å². The van der Waals surface area contributed by atoms with Gasteiger partial charge in [-0.15, -0.1) is 0 Å². The summed E-state index contributed by atoms with van der Waals surface area (Å²) in [5, 5.41) is 3.13. The van der Waals surface area contributed by atoms with E-state index in [2.05, 4.69) is 5.32 Å². The number of hydrogen-bond acceptors (Lipinski definition) is 3. The largest absolute Gasteiger partial charge is 0.460 e. The molecule has 0 aromatic heterocycles. The Morgan fingerprint density at radius 3 is 2.76 bits per heavy atom. The minimum atomic E-state index is -0.291. The van der Waals surface area contributed by atoms with Gasteiger partial charge in [0.05, 0.1) is 0 Å². The fourth-order valence-electron chi connectivity index (χ4n) is 1.30. The topological polar surface area (TPSA) is 38.3 Å². The van der Waals surface area contributed by atoms with Crippen molar-refractivity contribution in [2.24, 2.45) is 0 Å². The standard InChI is InChI=1S/C14H19NO2/c1-3-4-10-17-14(16)12(2)15-11-13-8-6-5-7-9-13/h3-9,12,15H,10-11H2,1-2H3/t12-/m0/s1. The van der Waals surface area contributed by atoms with Crippen molar-refractivity contribution in [1.82, 2.24) is 5.32 Å². The van der Waals surface area contributed by atoms with E-state index in [1.807, 2.05) is 49.4 Å². The minimum absolute atomic E-state index is 0.223. The number of nitrogens with one attached hydrogen (secondary N) is 1. The second-order valence-electron chi connectivity index (χ2n) is 3.79. The van der Waals surface area contributed by atoms with Gasteiger partial charge in [-0.05, 0) is 19.4 Å². The summed E-state index contributed by atoms with van der Waals surface area (Å²) in [6, 6.07) is 9.67. The van der Waals surface area contributed by atoms with Crippen molar-refractivity contribution in [3.8, 4) is 0 Å². The molecule has 0 unspecified atom stereocenters. The van der Waals surface area contributed by atoms with E-state index < -0.39 is 0 Å². The number of carbonyl (C=O) groups is 1. The highest BCUT2D eigenvalue weighted by Crippen LogP contribution is 1.99. The summed E-state index contributed by atoms with van der Waals surface area (Å²) >= 11 is 0. The summed E-state index contributed by atoms with van der Waals surface area (Å²) < 4.78 is 5.04. The molecule has 0 spiro atoms. The van der Waals surface area contributed by atoms with Crippen LogP contribution < -0.4 is 5.32 Å². The van der Waals surface area contributed by atoms with Crippen LogP contribution in [0.25, 0.3) is 0 Å². The van der Waals surface area contributed by atoms with Gasteiger partial charge in [-0.25, -0.2) is 0 Å². The molecule has 0 aliphatic rings. The van der Waals surface area contributed by atoms with E-state index in [0.29, 0.717) is 13.2 Å². The highest BCUT2D eigenvalue weighted by atomic mass is 16.5. The van der Waals surface area contributed by atoms with Crippen molar-refractivity contribution in [3.05, 3.63) is 48.0 Å². The summed E-state index contributed by atoms with van der Waals surface area (Å²) in [4.78, 5) is 11.5. The lowest BCUT2D eigenvalue weighted by molar-refractivity contribution is -0.144. The van der Waals surface area contributed by atoms with Crippen LogP contribution in [0.1, 0.15) is 19.4 Å². The zero-order chi connectivity index (χ0) is 12.5. The number of benzene rings is 1. The summed E-state index contributed by atoms with van der Waals surface area (Å²) in [6.07, 6.45) is 3.66. The maximum Gasteiger partial charge on any atom is 0.323 e. The highest BCUT2D eigenvalue weighted by Gasteiger charge is 2.12. The second-order valence-corrected chi connectivity index (χ2v) is 3.79. The molecule has 17 heavy (non-hydrogen) atoms. The molecule has 0 saturated carbocycles. The zero-order valence-corrected chi connectivity index (χ0v) is 10.3. The molecule has 1 rings (SSSR count). The third kappa shape index (κ3) is 5.31. The summed E-state index contributed by atoms with van der Waals surface area (Å²) in [5.74, 6) is -0.223. The van der Waals surface area contributed by atoms with Gasteiger partial charge in [0.15, 0.2) is 0 Å². The quantitative estimate of drug-likeness (QED) is 0.605. The van der Waals surface area contributed by atoms with E-state index in [0.717, 1.165) is 5.56 Å². The van der Waals surface area contributed by atoms with Gasteiger partial charge in [-0.2, -0.15) is 0 Å². The van der Waals surface area contributed by atoms with Gasteiger partial charge in [0.2, 0.25) is 0 Å². The predicted octanol–water partition coefficient (Wildman–Crippen LogP) is 2.28. The van der Waals surface area contributed by atoms with Gasteiger partial charge in [0, 0.05) is 6.54 Å². The number of ether oxygens (including phenoxy) is 1. The Morgan fingerprint density at radius 2 is 2.12 bits per heavy atom. The molecule has 3 heteroatoms. The maximum absolute atomic E-state index is 11.5. The van der Waals surface area contributed by atoms with Crippen molar-refractivity contribution in [1.29, 1.82) is 0 Å². The molecule has 0 bridgehead atoms. The Labute approximate surface area is 102 Å². The van der Waals surface area contributed by atoms with E-state index in [1.54, 1.807) is 6.92 Å². The highest BCUT2D eigenvalue weighted by molar-refractivity contribution is 5.75. The first-order valence-electron chi connectivity index (χ1n) is 5.79. The molecule has 3 nitrogen and oxygen atoms in total. The van der Waals surface area contributed by atoms with E-state index in [-0.39, 0.29) is 12.0 Å². The van der Waals surface area contributed by atoms with Crippen LogP contribution in [0.2, 0.25) is 0 Å². The van der Waals surface area contributed by atoms with E-state index in [9.17, 15) is 4.79 Å². The number of carbonyl (C=O) groups excluding carboxylic acids is 1. The minimum Gasteiger partial charge on any atom is -0.460 e. The Kier molecular flexibility index (Phi) is 6.04. The van der Waals surface area contributed by atoms with E-state index in [1.165, 1.54) is 0 Å². The molecule has 0 aliphatic heterocycles. The molecular weight excluding hydrogens is 214 g/mol. The average Bonchev–Trinajstić information content (AvgIpc) is 2.37. The first kappa shape index (κ1) is 13.5. The van der Waals surface area contributed by atoms with Gasteiger partial charge in [0.25, 0.3) is 0 Å². The third-order valence-corrected chi connectivity index (χ3v) is 2.37. The second kappa shape index (κ2) is 7.63. The Bertz CT molecular complexity index is 360. The van der Waals surface area contributed by atoms with Gasteiger partial charge < -0.3 is 10.1 Å². The number of rotatable bonds is 6. The SMILES string of the molecule is CC=CCOC(=O)[C@H](C)NCc1ccccc1. The molecule has 1 N–H and O–H groups in total. The average molecular weight is 233 g/mol. The molecule has 1 aromatic carbocycles. The summed E-state index contributed by atoms with van der Waals surface area (Å²) in [5.41, 5.74) is 1.15. The zero-order valence-electron chi connectivity index (χ0n) is 10.3. The summed E-state index contributed by atoms with van der Waals surface area (Å²) in [6.45, 7) is 4.71. The first-order chi connectivity index (χ1) is 8.24. The molecule has 0 aliphatic carbocycles. The van der Waals surface area contributed by atoms with Crippen LogP contribution in [0.3, 0.4) is 0 Å². The number of esters is 1. The fraction of sp³-hybridized carbons (Fsp3) is 0.357. The third-order valence-electron chi connectivity index (χ3n) is 2.37. The lowest BCUT2D eigenvalue weighted by atomic mass is 10.2. The lowest BCUT2D eigenvalue weighted by Gasteiger charge is -2.12. The van der Waals surface area contributed by atoms with Crippen LogP contribution in [0, 0.1) is 0 Å². The normalized spacial score (nSPS) is 12.6. The van der Waals surface area contributed by atoms with E-state index in [4.69, 9.17) is 4.74 Å². The Hall–Kier alpha value is -1.61. The molecular formula is C14H19NO2. The molecule has 92 valence electrons. The van der Waals surface area contributed by atoms with Crippen LogP contribution in [-0.4, -0.2) is 18.6 Å². The lowest BCUT2D eigenvalue weighted by Crippen LogP contribution is -2.34. The predicted molar refractivity (Wildman–Crippen MR) is 68.5 cm³/mol. The van der Waals surface area contributed by atoms with Crippen molar-refractivity contribution in [2.45, 2.75) is 26.4 Å². The molecule has 1 aromatic rings. The van der Waals surface area contributed by atoms with Crippen LogP contribution >= 0.6 is 0 Å². The molecule has 0 fully saturated rings. The monoisotopic (exact) mass is 233 g/mol. The maximum atomic E-state index is 11.5. The van der Waals surface area contributed by atoms with Crippen molar-refractivity contribution in [2.75, 3.05) is 6.61 Å². The van der Waals surface area contributed by atoms with Gasteiger partial charge in [-0.3, -0.25) is 4.79 Å². The van der Waals surface area contributed by atoms with Crippen LogP contribution in [0.5, 0.6) is 0 Å². The molecule has 0 saturated heterocycles. The van der Waals surface area contributed by atoms with Gasteiger partial charge in [0.1, 0.15) is 12.6 Å². The Balaban J connectivity index is 2.29. The molecule has 1 atom stereocenters. The van der Waals surface area contributed by atoms with Crippen molar-refractivity contribution in [3.63, 3.8) is 0 Å².